The predicted molar refractivity (Wildman–Crippen MR) is 89.6 cm³/mol. The van der Waals surface area contributed by atoms with Gasteiger partial charge >= 0.3 is 0 Å². The summed E-state index contributed by atoms with van der Waals surface area (Å²) in [5, 5.41) is 0.327. The molecule has 0 spiro atoms. The molecule has 3 N–H and O–H groups in total. The molecule has 118 valence electrons. The first-order valence-corrected chi connectivity index (χ1v) is 10.3. The molecule has 0 aromatic heterocycles. The Morgan fingerprint density at radius 3 is 2.86 bits per heavy atom. The van der Waals surface area contributed by atoms with Crippen molar-refractivity contribution >= 4 is 33.5 Å². The standard InChI is InChI=1S/C13H20N2O3S3/c1-18-12-6-10(7-14)2-3-13(12)21(16,17)15-8-11-9-19-4-5-20-11/h2-3,6,11,15H,4-5,7-9,14H2,1H3. The summed E-state index contributed by atoms with van der Waals surface area (Å²) in [6.45, 7) is 0.794. The topological polar surface area (TPSA) is 81.4 Å². The Bertz CT molecular complexity index is 572. The highest BCUT2D eigenvalue weighted by Crippen LogP contribution is 2.26. The van der Waals surface area contributed by atoms with Crippen LogP contribution in [0, 0.1) is 0 Å². The van der Waals surface area contributed by atoms with Crippen molar-refractivity contribution < 1.29 is 13.2 Å². The minimum absolute atomic E-state index is 0.163. The van der Waals surface area contributed by atoms with E-state index in [4.69, 9.17) is 10.5 Å². The molecule has 1 aromatic carbocycles. The Morgan fingerprint density at radius 2 is 2.24 bits per heavy atom. The highest BCUT2D eigenvalue weighted by atomic mass is 32.2. The van der Waals surface area contributed by atoms with Gasteiger partial charge in [-0.05, 0) is 17.7 Å². The van der Waals surface area contributed by atoms with Gasteiger partial charge in [-0.15, -0.1) is 0 Å². The zero-order chi connectivity index (χ0) is 15.3. The van der Waals surface area contributed by atoms with Gasteiger partial charge in [-0.1, -0.05) is 6.07 Å². The maximum absolute atomic E-state index is 12.4. The number of hydrogen-bond donors (Lipinski definition) is 2. The van der Waals surface area contributed by atoms with Crippen LogP contribution in [0.4, 0.5) is 0 Å². The third kappa shape index (κ3) is 4.53. The summed E-state index contributed by atoms with van der Waals surface area (Å²) in [4.78, 5) is 0.163. The van der Waals surface area contributed by atoms with Crippen molar-refractivity contribution in [2.75, 3.05) is 30.9 Å². The largest absolute Gasteiger partial charge is 0.495 e. The first kappa shape index (κ1) is 17.0. The summed E-state index contributed by atoms with van der Waals surface area (Å²) in [5.74, 6) is 3.53. The van der Waals surface area contributed by atoms with E-state index in [9.17, 15) is 8.42 Å². The van der Waals surface area contributed by atoms with Crippen molar-refractivity contribution in [1.29, 1.82) is 0 Å². The number of ether oxygens (including phenoxy) is 1. The summed E-state index contributed by atoms with van der Waals surface area (Å²) >= 11 is 3.69. The molecule has 1 aliphatic rings. The highest BCUT2D eigenvalue weighted by molar-refractivity contribution is 8.06. The van der Waals surface area contributed by atoms with Crippen LogP contribution < -0.4 is 15.2 Å². The zero-order valence-electron chi connectivity index (χ0n) is 11.9. The maximum Gasteiger partial charge on any atom is 0.244 e. The monoisotopic (exact) mass is 348 g/mol. The summed E-state index contributed by atoms with van der Waals surface area (Å²) in [5.41, 5.74) is 6.40. The van der Waals surface area contributed by atoms with Gasteiger partial charge in [-0.25, -0.2) is 13.1 Å². The van der Waals surface area contributed by atoms with Gasteiger partial charge in [-0.2, -0.15) is 23.5 Å². The molecule has 1 unspecified atom stereocenters. The molecule has 0 amide bonds. The van der Waals surface area contributed by atoms with Gasteiger partial charge in [0.25, 0.3) is 0 Å². The van der Waals surface area contributed by atoms with Crippen LogP contribution in [0.2, 0.25) is 0 Å². The van der Waals surface area contributed by atoms with Crippen LogP contribution in [0.15, 0.2) is 23.1 Å². The molecule has 0 radical (unpaired) electrons. The molecule has 21 heavy (non-hydrogen) atoms. The number of benzene rings is 1. The maximum atomic E-state index is 12.4. The van der Waals surface area contributed by atoms with Gasteiger partial charge in [0.05, 0.1) is 7.11 Å². The molecule has 1 aliphatic heterocycles. The Hall–Kier alpha value is -0.410. The Balaban J connectivity index is 2.11. The van der Waals surface area contributed by atoms with Gasteiger partial charge in [0.1, 0.15) is 10.6 Å². The molecule has 0 bridgehead atoms. The fraction of sp³-hybridized carbons (Fsp3) is 0.538. The third-order valence-corrected chi connectivity index (χ3v) is 7.45. The molecular weight excluding hydrogens is 328 g/mol. The second kappa shape index (κ2) is 7.73. The van der Waals surface area contributed by atoms with Crippen molar-refractivity contribution in [3.05, 3.63) is 23.8 Å². The fourth-order valence-corrected chi connectivity index (χ4v) is 5.94. The second-order valence-corrected chi connectivity index (χ2v) is 8.90. The van der Waals surface area contributed by atoms with E-state index in [2.05, 4.69) is 4.72 Å². The van der Waals surface area contributed by atoms with Crippen molar-refractivity contribution in [3.8, 4) is 5.75 Å². The summed E-state index contributed by atoms with van der Waals surface area (Å²) in [7, 11) is -2.11. The molecule has 1 fully saturated rings. The third-order valence-electron chi connectivity index (χ3n) is 3.14. The van der Waals surface area contributed by atoms with E-state index < -0.39 is 10.0 Å². The van der Waals surface area contributed by atoms with Crippen LogP contribution in [-0.4, -0.2) is 44.6 Å². The van der Waals surface area contributed by atoms with E-state index >= 15 is 0 Å². The quantitative estimate of drug-likeness (QED) is 0.806. The SMILES string of the molecule is COc1cc(CN)ccc1S(=O)(=O)NCC1CSCCS1. The molecule has 1 heterocycles. The average Bonchev–Trinajstić information content (AvgIpc) is 2.53. The van der Waals surface area contributed by atoms with Crippen LogP contribution >= 0.6 is 23.5 Å². The van der Waals surface area contributed by atoms with E-state index in [1.807, 2.05) is 23.5 Å². The van der Waals surface area contributed by atoms with Crippen molar-refractivity contribution in [1.82, 2.24) is 4.72 Å². The van der Waals surface area contributed by atoms with Crippen LogP contribution in [0.1, 0.15) is 5.56 Å². The van der Waals surface area contributed by atoms with Crippen LogP contribution in [-0.2, 0) is 16.6 Å². The number of rotatable bonds is 6. The van der Waals surface area contributed by atoms with Gasteiger partial charge in [0.15, 0.2) is 0 Å². The number of sulfonamides is 1. The molecular formula is C13H20N2O3S3. The fourth-order valence-electron chi connectivity index (χ4n) is 2.00. The Labute approximate surface area is 134 Å². The number of nitrogens with one attached hydrogen (secondary N) is 1. The summed E-state index contributed by atoms with van der Waals surface area (Å²) in [6, 6.07) is 4.92. The minimum atomic E-state index is -3.57. The molecule has 2 rings (SSSR count). The summed E-state index contributed by atoms with van der Waals surface area (Å²) < 4.78 is 32.7. The lowest BCUT2D eigenvalue weighted by Crippen LogP contribution is -2.33. The average molecular weight is 349 g/mol. The van der Waals surface area contributed by atoms with Gasteiger partial charge in [-0.3, -0.25) is 0 Å². The Morgan fingerprint density at radius 1 is 1.43 bits per heavy atom. The van der Waals surface area contributed by atoms with E-state index in [0.717, 1.165) is 22.8 Å². The smallest absolute Gasteiger partial charge is 0.244 e. The highest BCUT2D eigenvalue weighted by Gasteiger charge is 2.22. The molecule has 1 saturated heterocycles. The van der Waals surface area contributed by atoms with Gasteiger partial charge in [0, 0.05) is 35.6 Å². The van der Waals surface area contributed by atoms with Crippen LogP contribution in [0.5, 0.6) is 5.75 Å². The van der Waals surface area contributed by atoms with Gasteiger partial charge in [0.2, 0.25) is 10.0 Å². The lowest BCUT2D eigenvalue weighted by Gasteiger charge is -2.21. The predicted octanol–water partition coefficient (Wildman–Crippen LogP) is 1.28. The molecule has 8 heteroatoms. The minimum Gasteiger partial charge on any atom is -0.495 e. The molecule has 5 nitrogen and oxygen atoms in total. The molecule has 0 saturated carbocycles. The number of nitrogens with two attached hydrogens (primary N) is 1. The second-order valence-electron chi connectivity index (χ2n) is 4.61. The van der Waals surface area contributed by atoms with E-state index in [1.54, 1.807) is 18.2 Å². The van der Waals surface area contributed by atoms with Crippen LogP contribution in [0.25, 0.3) is 0 Å². The lowest BCUT2D eigenvalue weighted by atomic mass is 10.2. The van der Waals surface area contributed by atoms with Crippen LogP contribution in [0.3, 0.4) is 0 Å². The number of methoxy groups -OCH3 is 1. The lowest BCUT2D eigenvalue weighted by molar-refractivity contribution is 0.401. The normalized spacial score (nSPS) is 19.4. The van der Waals surface area contributed by atoms with E-state index in [-0.39, 0.29) is 4.90 Å². The number of hydrogen-bond acceptors (Lipinski definition) is 6. The number of thioether (sulfide) groups is 2. The first-order chi connectivity index (χ1) is 10.1. The van der Waals surface area contributed by atoms with Crippen molar-refractivity contribution in [2.45, 2.75) is 16.7 Å². The van der Waals surface area contributed by atoms with E-state index in [0.29, 0.717) is 24.1 Å². The zero-order valence-corrected chi connectivity index (χ0v) is 14.3. The summed E-state index contributed by atoms with van der Waals surface area (Å²) in [6.07, 6.45) is 0. The Kier molecular flexibility index (Phi) is 6.24. The molecule has 1 aromatic rings. The molecule has 1 atom stereocenters. The van der Waals surface area contributed by atoms with E-state index in [1.165, 1.54) is 7.11 Å². The first-order valence-electron chi connectivity index (χ1n) is 6.63. The molecule has 0 aliphatic carbocycles. The van der Waals surface area contributed by atoms with Gasteiger partial charge < -0.3 is 10.5 Å². The van der Waals surface area contributed by atoms with Crippen molar-refractivity contribution in [2.24, 2.45) is 5.73 Å². The van der Waals surface area contributed by atoms with Crippen molar-refractivity contribution in [3.63, 3.8) is 0 Å².